The lowest BCUT2D eigenvalue weighted by molar-refractivity contribution is 0.130. The third kappa shape index (κ3) is 10.7. The number of methoxy groups -OCH3 is 1. The molecule has 0 heterocycles. The second-order valence-corrected chi connectivity index (χ2v) is 4.93. The standard InChI is InChI=1S/C14H32N2O/c1-5-6-7-8-9-15-10-11-16(14(2)3)12-13-17-4/h14-15H,5-13H2,1-4H3. The van der Waals surface area contributed by atoms with E-state index in [1.54, 1.807) is 7.11 Å². The minimum atomic E-state index is 0.604. The zero-order valence-electron chi connectivity index (χ0n) is 12.3. The van der Waals surface area contributed by atoms with Gasteiger partial charge in [0, 0.05) is 32.8 Å². The minimum absolute atomic E-state index is 0.604. The average Bonchev–Trinajstić information content (AvgIpc) is 2.31. The fourth-order valence-corrected chi connectivity index (χ4v) is 1.86. The molecule has 0 spiro atoms. The zero-order chi connectivity index (χ0) is 12.9. The summed E-state index contributed by atoms with van der Waals surface area (Å²) in [7, 11) is 1.77. The van der Waals surface area contributed by atoms with Crippen LogP contribution in [0.25, 0.3) is 0 Å². The van der Waals surface area contributed by atoms with Crippen molar-refractivity contribution >= 4 is 0 Å². The van der Waals surface area contributed by atoms with Gasteiger partial charge in [-0.05, 0) is 26.8 Å². The molecular weight excluding hydrogens is 212 g/mol. The third-order valence-corrected chi connectivity index (χ3v) is 3.10. The van der Waals surface area contributed by atoms with Crippen LogP contribution in [0.2, 0.25) is 0 Å². The molecule has 104 valence electrons. The number of nitrogens with one attached hydrogen (secondary N) is 1. The molecule has 0 bridgehead atoms. The number of rotatable bonds is 12. The van der Waals surface area contributed by atoms with Crippen LogP contribution in [0.3, 0.4) is 0 Å². The molecule has 0 saturated heterocycles. The van der Waals surface area contributed by atoms with Gasteiger partial charge in [-0.3, -0.25) is 4.90 Å². The Morgan fingerprint density at radius 1 is 1.06 bits per heavy atom. The van der Waals surface area contributed by atoms with Crippen molar-refractivity contribution in [2.24, 2.45) is 0 Å². The first kappa shape index (κ1) is 16.9. The van der Waals surface area contributed by atoms with Crippen LogP contribution in [0.4, 0.5) is 0 Å². The van der Waals surface area contributed by atoms with Crippen molar-refractivity contribution in [2.75, 3.05) is 39.9 Å². The predicted molar refractivity (Wildman–Crippen MR) is 75.6 cm³/mol. The van der Waals surface area contributed by atoms with Gasteiger partial charge in [-0.15, -0.1) is 0 Å². The molecule has 0 aromatic carbocycles. The first-order valence-corrected chi connectivity index (χ1v) is 7.16. The summed E-state index contributed by atoms with van der Waals surface area (Å²) in [5.41, 5.74) is 0. The van der Waals surface area contributed by atoms with Crippen molar-refractivity contribution in [2.45, 2.75) is 52.5 Å². The highest BCUT2D eigenvalue weighted by Gasteiger charge is 2.07. The minimum Gasteiger partial charge on any atom is -0.383 e. The summed E-state index contributed by atoms with van der Waals surface area (Å²) < 4.78 is 5.13. The Balaban J connectivity index is 3.41. The van der Waals surface area contributed by atoms with Gasteiger partial charge in [0.15, 0.2) is 0 Å². The van der Waals surface area contributed by atoms with E-state index in [-0.39, 0.29) is 0 Å². The maximum atomic E-state index is 5.13. The summed E-state index contributed by atoms with van der Waals surface area (Å²) in [5.74, 6) is 0. The van der Waals surface area contributed by atoms with Crippen molar-refractivity contribution in [1.82, 2.24) is 10.2 Å². The maximum absolute atomic E-state index is 5.13. The van der Waals surface area contributed by atoms with Crippen molar-refractivity contribution in [1.29, 1.82) is 0 Å². The van der Waals surface area contributed by atoms with E-state index in [1.807, 2.05) is 0 Å². The van der Waals surface area contributed by atoms with E-state index in [9.17, 15) is 0 Å². The summed E-state index contributed by atoms with van der Waals surface area (Å²) in [6.45, 7) is 12.0. The van der Waals surface area contributed by atoms with Crippen LogP contribution >= 0.6 is 0 Å². The molecule has 0 aliphatic rings. The van der Waals surface area contributed by atoms with Gasteiger partial charge < -0.3 is 10.1 Å². The first-order valence-electron chi connectivity index (χ1n) is 7.16. The first-order chi connectivity index (χ1) is 8.22. The molecule has 0 aliphatic heterocycles. The SMILES string of the molecule is CCCCCCNCCN(CCOC)C(C)C. The molecule has 0 aromatic rings. The van der Waals surface area contributed by atoms with Gasteiger partial charge in [0.05, 0.1) is 6.61 Å². The third-order valence-electron chi connectivity index (χ3n) is 3.10. The van der Waals surface area contributed by atoms with Crippen LogP contribution in [0, 0.1) is 0 Å². The van der Waals surface area contributed by atoms with Gasteiger partial charge in [0.1, 0.15) is 0 Å². The van der Waals surface area contributed by atoms with E-state index < -0.39 is 0 Å². The predicted octanol–water partition coefficient (Wildman–Crippen LogP) is 2.51. The fraction of sp³-hybridized carbons (Fsp3) is 1.00. The summed E-state index contributed by atoms with van der Waals surface area (Å²) in [6.07, 6.45) is 5.36. The lowest BCUT2D eigenvalue weighted by Crippen LogP contribution is -2.39. The maximum Gasteiger partial charge on any atom is 0.0589 e. The van der Waals surface area contributed by atoms with E-state index in [1.165, 1.54) is 25.7 Å². The summed E-state index contributed by atoms with van der Waals surface area (Å²) >= 11 is 0. The highest BCUT2D eigenvalue weighted by atomic mass is 16.5. The Morgan fingerprint density at radius 2 is 1.82 bits per heavy atom. The zero-order valence-corrected chi connectivity index (χ0v) is 12.3. The highest BCUT2D eigenvalue weighted by Crippen LogP contribution is 1.98. The number of hydrogen-bond acceptors (Lipinski definition) is 3. The molecule has 0 radical (unpaired) electrons. The second-order valence-electron chi connectivity index (χ2n) is 4.93. The Labute approximate surface area is 108 Å². The van der Waals surface area contributed by atoms with E-state index in [0.29, 0.717) is 6.04 Å². The summed E-state index contributed by atoms with van der Waals surface area (Å²) in [5, 5.41) is 3.52. The molecule has 1 N–H and O–H groups in total. The number of unbranched alkanes of at least 4 members (excludes halogenated alkanes) is 3. The second kappa shape index (κ2) is 12.3. The van der Waals surface area contributed by atoms with Gasteiger partial charge in [-0.1, -0.05) is 26.2 Å². The molecule has 0 fully saturated rings. The Hall–Kier alpha value is -0.120. The molecule has 0 atom stereocenters. The van der Waals surface area contributed by atoms with Crippen LogP contribution < -0.4 is 5.32 Å². The normalized spacial score (nSPS) is 11.6. The topological polar surface area (TPSA) is 24.5 Å². The molecule has 0 unspecified atom stereocenters. The molecular formula is C14H32N2O. The summed E-state index contributed by atoms with van der Waals surface area (Å²) in [6, 6.07) is 0.604. The number of nitrogens with zero attached hydrogens (tertiary/aromatic N) is 1. The largest absolute Gasteiger partial charge is 0.383 e. The fourth-order valence-electron chi connectivity index (χ4n) is 1.86. The van der Waals surface area contributed by atoms with Crippen LogP contribution in [0.15, 0.2) is 0 Å². The van der Waals surface area contributed by atoms with Gasteiger partial charge in [0.25, 0.3) is 0 Å². The number of hydrogen-bond donors (Lipinski definition) is 1. The Bertz CT molecular complexity index is 151. The number of ether oxygens (including phenoxy) is 1. The molecule has 0 amide bonds. The van der Waals surface area contributed by atoms with Crippen LogP contribution in [0.5, 0.6) is 0 Å². The van der Waals surface area contributed by atoms with E-state index >= 15 is 0 Å². The Kier molecular flexibility index (Phi) is 12.3. The summed E-state index contributed by atoms with van der Waals surface area (Å²) in [4.78, 5) is 2.46. The van der Waals surface area contributed by atoms with Crippen LogP contribution in [-0.4, -0.2) is 50.8 Å². The molecule has 3 nitrogen and oxygen atoms in total. The van der Waals surface area contributed by atoms with Crippen LogP contribution in [-0.2, 0) is 4.74 Å². The van der Waals surface area contributed by atoms with Gasteiger partial charge in [-0.2, -0.15) is 0 Å². The van der Waals surface area contributed by atoms with Gasteiger partial charge in [0.2, 0.25) is 0 Å². The van der Waals surface area contributed by atoms with Gasteiger partial charge in [-0.25, -0.2) is 0 Å². The van der Waals surface area contributed by atoms with E-state index in [2.05, 4.69) is 31.0 Å². The molecule has 0 aliphatic carbocycles. The van der Waals surface area contributed by atoms with Crippen LogP contribution in [0.1, 0.15) is 46.5 Å². The van der Waals surface area contributed by atoms with Crippen molar-refractivity contribution in [3.63, 3.8) is 0 Å². The van der Waals surface area contributed by atoms with E-state index in [4.69, 9.17) is 4.74 Å². The Morgan fingerprint density at radius 3 is 2.41 bits per heavy atom. The van der Waals surface area contributed by atoms with Crippen molar-refractivity contribution < 1.29 is 4.74 Å². The van der Waals surface area contributed by atoms with Crippen molar-refractivity contribution in [3.05, 3.63) is 0 Å². The molecule has 17 heavy (non-hydrogen) atoms. The lowest BCUT2D eigenvalue weighted by atomic mass is 10.2. The van der Waals surface area contributed by atoms with Crippen molar-refractivity contribution in [3.8, 4) is 0 Å². The average molecular weight is 244 g/mol. The monoisotopic (exact) mass is 244 g/mol. The van der Waals surface area contributed by atoms with Gasteiger partial charge >= 0.3 is 0 Å². The van der Waals surface area contributed by atoms with E-state index in [0.717, 1.165) is 32.8 Å². The smallest absolute Gasteiger partial charge is 0.0589 e. The highest BCUT2D eigenvalue weighted by molar-refractivity contribution is 4.64. The molecule has 0 rings (SSSR count). The molecule has 0 saturated carbocycles. The molecule has 0 aromatic heterocycles. The quantitative estimate of drug-likeness (QED) is 0.534. The molecule has 3 heteroatoms. The lowest BCUT2D eigenvalue weighted by Gasteiger charge is -2.26.